The van der Waals surface area contributed by atoms with Gasteiger partial charge in [-0.15, -0.1) is 45.3 Å². The summed E-state index contributed by atoms with van der Waals surface area (Å²) in [5.41, 5.74) is 12.3. The minimum atomic E-state index is -0.935. The first-order valence-corrected chi connectivity index (χ1v) is 39.4. The molecule has 4 heterocycles. The molecule has 12 heteroatoms. The third-order valence-corrected chi connectivity index (χ3v) is 26.4. The van der Waals surface area contributed by atoms with Gasteiger partial charge < -0.3 is 9.47 Å². The number of hydrogen-bond acceptors (Lipinski definition) is 10. The quantitative estimate of drug-likeness (QED) is 0.0289. The zero-order valence-electron chi connectivity index (χ0n) is 58.4. The second kappa shape index (κ2) is 28.1. The van der Waals surface area contributed by atoms with Crippen molar-refractivity contribution in [3.05, 3.63) is 315 Å². The summed E-state index contributed by atoms with van der Waals surface area (Å²) in [5.74, 6) is 1.15. The summed E-state index contributed by atoms with van der Waals surface area (Å²) in [5, 5.41) is 25.0. The molecule has 16 rings (SSSR count). The van der Waals surface area contributed by atoms with Gasteiger partial charge in [-0.2, -0.15) is 0 Å². The van der Waals surface area contributed by atoms with Gasteiger partial charge in [0.2, 0.25) is 0 Å². The van der Waals surface area contributed by atoms with Crippen molar-refractivity contribution in [2.75, 3.05) is 13.2 Å². The van der Waals surface area contributed by atoms with Gasteiger partial charge >= 0.3 is 0 Å². The number of allylic oxidation sites excluding steroid dienone is 6. The van der Waals surface area contributed by atoms with Gasteiger partial charge in [-0.25, -0.2) is 20.2 Å². The van der Waals surface area contributed by atoms with E-state index in [-0.39, 0.29) is 23.0 Å². The number of nitriles is 2. The fourth-order valence-electron chi connectivity index (χ4n) is 16.4. The van der Waals surface area contributed by atoms with Crippen LogP contribution in [-0.2, 0) is 10.8 Å². The zero-order chi connectivity index (χ0) is 71.4. The standard InChI is InChI=1S/C92H72N4O4S4/c1-7-9-11-13-15-21-43-99-65-39-35-63(36-40-65)91(61-31-27-55(3)28-32-61)75-51-67(49-73-79(77(53-93)95-5)69-45-57-23-17-19-25-59(57)47-71(69)83(73)97)101-85(75)87-81(91)89-90(103-87)82-88(104-89)86-76(92(82,62-33-29-56(4)30-34-62)64-37-41-66(42-38-64)100-44-22-16-14-12-10-8-2)52-68(102-86)50-74-80(78(54-94)96-6)70-46-58-24-18-20-26-60(58)48-72(70)84(74)98/h17-20,23-42,45-52H,7-16,21-22,43-44H2,1-4H3/b73-49-,74-50-,79-77+,80-78?. The first-order valence-electron chi connectivity index (χ1n) is 36.1. The Bertz CT molecular complexity index is 5430. The summed E-state index contributed by atoms with van der Waals surface area (Å²) >= 11 is 6.92. The Balaban J connectivity index is 0.936. The average Bonchev–Trinajstić information content (AvgIpc) is 1.49. The molecule has 2 atom stereocenters. The van der Waals surface area contributed by atoms with E-state index in [0.717, 1.165) is 142 Å². The van der Waals surface area contributed by atoms with Crippen molar-refractivity contribution < 1.29 is 19.1 Å². The minimum Gasteiger partial charge on any atom is -0.494 e. The molecule has 0 saturated heterocycles. The van der Waals surface area contributed by atoms with Crippen molar-refractivity contribution >= 4 is 111 Å². The van der Waals surface area contributed by atoms with Crippen LogP contribution in [0.5, 0.6) is 11.5 Å². The topological polar surface area (TPSA) is 109 Å². The van der Waals surface area contributed by atoms with Gasteiger partial charge in [0.1, 0.15) is 11.5 Å². The van der Waals surface area contributed by atoms with Gasteiger partial charge in [0.25, 0.3) is 11.4 Å². The van der Waals surface area contributed by atoms with E-state index in [1.165, 1.54) is 62.5 Å². The summed E-state index contributed by atoms with van der Waals surface area (Å²) in [6.07, 6.45) is 17.8. The molecule has 0 amide bonds. The molecule has 0 aliphatic heterocycles. The number of ketones is 2. The fraction of sp³-hybridized carbons (Fsp3) is 0.217. The number of unbranched alkanes of at least 4 members (excludes halogenated alkanes) is 10. The number of aryl methyl sites for hydroxylation is 2. The van der Waals surface area contributed by atoms with Crippen molar-refractivity contribution in [2.45, 2.75) is 116 Å². The maximum absolute atomic E-state index is 15.2. The molecule has 8 nitrogen and oxygen atoms in total. The molecule has 0 bridgehead atoms. The molecule has 104 heavy (non-hydrogen) atoms. The number of ether oxygens (including phenoxy) is 2. The summed E-state index contributed by atoms with van der Waals surface area (Å²) < 4.78 is 15.5. The molecule has 0 saturated carbocycles. The van der Waals surface area contributed by atoms with E-state index >= 15 is 9.59 Å². The van der Waals surface area contributed by atoms with Crippen molar-refractivity contribution in [3.63, 3.8) is 0 Å². The van der Waals surface area contributed by atoms with Gasteiger partial charge in [0.15, 0.2) is 11.6 Å². The maximum Gasteiger partial charge on any atom is 0.270 e. The Labute approximate surface area is 623 Å². The van der Waals surface area contributed by atoms with Gasteiger partial charge in [0, 0.05) is 54.3 Å². The van der Waals surface area contributed by atoms with Crippen molar-refractivity contribution in [2.24, 2.45) is 0 Å². The van der Waals surface area contributed by atoms with Crippen LogP contribution in [0.2, 0.25) is 0 Å². The smallest absolute Gasteiger partial charge is 0.270 e. The Morgan fingerprint density at radius 1 is 0.433 bits per heavy atom. The van der Waals surface area contributed by atoms with E-state index in [1.807, 2.05) is 108 Å². The Kier molecular flexibility index (Phi) is 18.3. The zero-order valence-corrected chi connectivity index (χ0v) is 61.7. The molecular weight excluding hydrogens is 1350 g/mol. The fourth-order valence-corrected chi connectivity index (χ4v) is 22.1. The van der Waals surface area contributed by atoms with Gasteiger partial charge in [-0.1, -0.05) is 211 Å². The molecule has 12 aromatic rings. The second-order valence-corrected chi connectivity index (χ2v) is 31.9. The summed E-state index contributed by atoms with van der Waals surface area (Å²) in [6.45, 7) is 26.6. The molecule has 0 fully saturated rings. The number of carbonyl (C=O) groups is 2. The van der Waals surface area contributed by atoms with Gasteiger partial charge in [-0.05, 0) is 166 Å². The molecule has 508 valence electrons. The van der Waals surface area contributed by atoms with Crippen LogP contribution >= 0.6 is 45.3 Å². The predicted octanol–water partition coefficient (Wildman–Crippen LogP) is 25.1. The highest BCUT2D eigenvalue weighted by molar-refractivity contribution is 7.34. The maximum atomic E-state index is 15.2. The number of fused-ring (bicyclic) bond motifs is 13. The Hall–Kier alpha value is -10.8. The SMILES string of the molecule is [C-]#[N+]C(C#N)=C1/C(=C/c2cc3c(s2)-c2sc4c5c(sc4c2C3(c2ccc(C)cc2)c2ccc(OCCCCCCCC)cc2)-c2sc(/C=C3\C(=O)c4cc6ccccc6cc4\C3=C(\C#N)[N+]#[C-])cc2C5(c2ccc(C)cc2)c2ccc(OCCCCCCCC)cc2)C(=O)c2cc3ccccc3cc21. The van der Waals surface area contributed by atoms with Crippen LogP contribution in [0, 0.1) is 49.7 Å². The van der Waals surface area contributed by atoms with Crippen molar-refractivity contribution in [3.8, 4) is 43.1 Å². The first kappa shape index (κ1) is 67.7. The van der Waals surface area contributed by atoms with Crippen LogP contribution < -0.4 is 9.47 Å². The van der Waals surface area contributed by atoms with E-state index in [4.69, 9.17) is 22.6 Å². The lowest BCUT2D eigenvalue weighted by Crippen LogP contribution is -2.28. The van der Waals surface area contributed by atoms with Crippen LogP contribution in [0.1, 0.15) is 188 Å². The normalized spacial score (nSPS) is 17.7. The number of carbonyl (C=O) groups excluding carboxylic acids is 2. The van der Waals surface area contributed by atoms with E-state index in [0.29, 0.717) is 57.8 Å². The summed E-state index contributed by atoms with van der Waals surface area (Å²) in [7, 11) is 0. The van der Waals surface area contributed by atoms with Crippen LogP contribution in [-0.4, -0.2) is 24.8 Å². The summed E-state index contributed by atoms with van der Waals surface area (Å²) in [6, 6.07) is 67.7. The molecule has 4 aromatic heterocycles. The van der Waals surface area contributed by atoms with E-state index in [2.05, 4.69) is 159 Å². The molecule has 4 aliphatic carbocycles. The molecular formula is C92H72N4O4S4. The first-order chi connectivity index (χ1) is 50.9. The highest BCUT2D eigenvalue weighted by Crippen LogP contribution is 2.70. The third-order valence-electron chi connectivity index (χ3n) is 21.4. The molecule has 2 unspecified atom stereocenters. The highest BCUT2D eigenvalue weighted by atomic mass is 32.1. The monoisotopic (exact) mass is 1420 g/mol. The van der Waals surface area contributed by atoms with E-state index in [1.54, 1.807) is 22.7 Å². The van der Waals surface area contributed by atoms with Gasteiger partial charge in [0.05, 0.1) is 78.2 Å². The lowest BCUT2D eigenvalue weighted by molar-refractivity contribution is 0.103. The molecule has 4 aliphatic rings. The number of hydrogen-bond donors (Lipinski definition) is 0. The lowest BCUT2D eigenvalue weighted by atomic mass is 9.67. The van der Waals surface area contributed by atoms with Crippen LogP contribution in [0.4, 0.5) is 0 Å². The molecule has 0 N–H and O–H groups in total. The van der Waals surface area contributed by atoms with Crippen LogP contribution in [0.15, 0.2) is 205 Å². The van der Waals surface area contributed by atoms with E-state index in [9.17, 15) is 10.5 Å². The Morgan fingerprint density at radius 2 is 0.769 bits per heavy atom. The predicted molar refractivity (Wildman–Crippen MR) is 428 cm³/mol. The number of benzene rings is 8. The van der Waals surface area contributed by atoms with Gasteiger partial charge in [-0.3, -0.25) is 9.59 Å². The van der Waals surface area contributed by atoms with Crippen LogP contribution in [0.3, 0.4) is 0 Å². The second-order valence-electron chi connectivity index (χ2n) is 27.7. The summed E-state index contributed by atoms with van der Waals surface area (Å²) in [4.78, 5) is 43.9. The largest absolute Gasteiger partial charge is 0.494 e. The number of Topliss-reactive ketones (excluding diaryl/α,β-unsaturated/α-hetero) is 2. The average molecular weight is 1430 g/mol. The molecule has 0 spiro atoms. The number of nitrogens with zero attached hydrogens (tertiary/aromatic N) is 4. The number of thiophene rings is 4. The molecule has 0 radical (unpaired) electrons. The third kappa shape index (κ3) is 11.2. The van der Waals surface area contributed by atoms with E-state index < -0.39 is 10.8 Å². The molecule has 8 aromatic carbocycles. The highest BCUT2D eigenvalue weighted by Gasteiger charge is 2.55. The van der Waals surface area contributed by atoms with Crippen molar-refractivity contribution in [1.82, 2.24) is 0 Å². The minimum absolute atomic E-state index is 0.129. The van der Waals surface area contributed by atoms with Crippen molar-refractivity contribution in [1.29, 1.82) is 10.5 Å². The Morgan fingerprint density at radius 3 is 1.12 bits per heavy atom. The number of rotatable bonds is 22. The van der Waals surface area contributed by atoms with Crippen LogP contribution in [0.25, 0.3) is 83.4 Å². The lowest BCUT2D eigenvalue weighted by Gasteiger charge is -2.34.